The van der Waals surface area contributed by atoms with E-state index in [2.05, 4.69) is 11.4 Å². The molecule has 0 aromatic carbocycles. The molecule has 0 heterocycles. The van der Waals surface area contributed by atoms with Crippen LogP contribution in [0.2, 0.25) is 0 Å². The monoisotopic (exact) mass is 413 g/mol. The van der Waals surface area contributed by atoms with E-state index < -0.39 is 7.82 Å². The number of thioether (sulfide) groups is 1. The highest BCUT2D eigenvalue weighted by Crippen LogP contribution is 2.31. The number of phosphoric acid groups is 1. The Morgan fingerprint density at radius 3 is 2.46 bits per heavy atom. The lowest BCUT2D eigenvalue weighted by atomic mass is 10.2. The summed E-state index contributed by atoms with van der Waals surface area (Å²) < 4.78 is 21.1. The van der Waals surface area contributed by atoms with Crippen molar-refractivity contribution >= 4 is 25.6 Å². The van der Waals surface area contributed by atoms with Crippen LogP contribution in [0, 0.1) is 5.92 Å². The number of phosphoric ester groups is 1. The highest BCUT2D eigenvalue weighted by atomic mass is 32.2. The summed E-state index contributed by atoms with van der Waals surface area (Å²) in [5.41, 5.74) is 0. The Labute approximate surface area is 162 Å². The van der Waals surface area contributed by atoms with E-state index in [1.54, 1.807) is 11.8 Å². The number of carbonyl (C=O) groups excluding carboxylic acids is 1. The normalized spacial score (nSPS) is 16.7. The number of hydrogen-bond donors (Lipinski definition) is 1. The standard InChI is InChI=1S/C17H36NO6PS/c1-6-7-8-9-12-26-14-15(2)17(19)23-11-10-16(18(3,4)5)13-24-25(20,21)22/h15-16H,6-14H2,1-5H3,(H-,20,21,22). The Balaban J connectivity index is 4.11. The van der Waals surface area contributed by atoms with E-state index in [4.69, 9.17) is 9.63 Å². The summed E-state index contributed by atoms with van der Waals surface area (Å²) in [5.74, 6) is 1.42. The topological polar surface area (TPSA) is 95.9 Å². The van der Waals surface area contributed by atoms with Gasteiger partial charge >= 0.3 is 5.97 Å². The SMILES string of the molecule is CCCCCCSCC(C)C(=O)OCCC(COP(=O)([O-])O)[N+](C)(C)C. The quantitative estimate of drug-likeness (QED) is 0.191. The Kier molecular flexibility index (Phi) is 13.1. The molecule has 0 radical (unpaired) electrons. The van der Waals surface area contributed by atoms with Crippen molar-refractivity contribution < 1.29 is 32.9 Å². The lowest BCUT2D eigenvalue weighted by molar-refractivity contribution is -0.896. The molecule has 0 aliphatic carbocycles. The zero-order valence-corrected chi connectivity index (χ0v) is 18.5. The number of carbonyl (C=O) groups is 1. The molecule has 3 atom stereocenters. The van der Waals surface area contributed by atoms with Gasteiger partial charge in [-0.3, -0.25) is 9.36 Å². The molecule has 156 valence electrons. The van der Waals surface area contributed by atoms with E-state index in [1.165, 1.54) is 25.7 Å². The third-order valence-electron chi connectivity index (χ3n) is 4.13. The molecular formula is C17H36NO6PS. The summed E-state index contributed by atoms with van der Waals surface area (Å²) in [6.07, 6.45) is 5.34. The summed E-state index contributed by atoms with van der Waals surface area (Å²) in [4.78, 5) is 31.6. The second-order valence-electron chi connectivity index (χ2n) is 7.53. The van der Waals surface area contributed by atoms with Crippen LogP contribution in [0.3, 0.4) is 0 Å². The highest BCUT2D eigenvalue weighted by Gasteiger charge is 2.26. The van der Waals surface area contributed by atoms with Gasteiger partial charge in [0.25, 0.3) is 7.82 Å². The summed E-state index contributed by atoms with van der Waals surface area (Å²) in [6, 6.07) is -0.222. The molecule has 0 saturated carbocycles. The van der Waals surface area contributed by atoms with Gasteiger partial charge in [0.15, 0.2) is 0 Å². The number of nitrogens with zero attached hydrogens (tertiary/aromatic N) is 1. The van der Waals surface area contributed by atoms with Gasteiger partial charge in [0, 0.05) is 12.2 Å². The minimum Gasteiger partial charge on any atom is -0.756 e. The van der Waals surface area contributed by atoms with E-state index in [0.717, 1.165) is 11.5 Å². The number of likely N-dealkylation sites (N-methyl/N-ethyl adjacent to an activating group) is 1. The fraction of sp³-hybridized carbons (Fsp3) is 0.941. The Bertz CT molecular complexity index is 437. The van der Waals surface area contributed by atoms with Crippen molar-refractivity contribution in [2.45, 2.75) is 52.0 Å². The summed E-state index contributed by atoms with van der Waals surface area (Å²) in [6.45, 7) is 4.09. The van der Waals surface area contributed by atoms with Crippen LogP contribution in [0.25, 0.3) is 0 Å². The van der Waals surface area contributed by atoms with Crippen LogP contribution in [0.1, 0.15) is 46.0 Å². The minimum absolute atomic E-state index is 0.151. The first-order valence-electron chi connectivity index (χ1n) is 9.21. The smallest absolute Gasteiger partial charge is 0.309 e. The maximum absolute atomic E-state index is 12.1. The minimum atomic E-state index is -4.75. The van der Waals surface area contributed by atoms with Crippen molar-refractivity contribution in [3.05, 3.63) is 0 Å². The third-order valence-corrected chi connectivity index (χ3v) is 5.92. The van der Waals surface area contributed by atoms with Crippen molar-refractivity contribution in [1.82, 2.24) is 0 Å². The molecule has 7 nitrogen and oxygen atoms in total. The molecule has 0 aliphatic rings. The second kappa shape index (κ2) is 13.1. The molecule has 0 fully saturated rings. The van der Waals surface area contributed by atoms with Crippen molar-refractivity contribution in [2.75, 3.05) is 45.9 Å². The van der Waals surface area contributed by atoms with Crippen LogP contribution in [0.5, 0.6) is 0 Å². The van der Waals surface area contributed by atoms with E-state index in [1.807, 2.05) is 28.1 Å². The first kappa shape index (κ1) is 25.9. The molecule has 0 bridgehead atoms. The van der Waals surface area contributed by atoms with E-state index in [0.29, 0.717) is 10.9 Å². The van der Waals surface area contributed by atoms with Crippen molar-refractivity contribution in [1.29, 1.82) is 0 Å². The maximum atomic E-state index is 12.1. The van der Waals surface area contributed by atoms with Crippen LogP contribution >= 0.6 is 19.6 Å². The number of ether oxygens (including phenoxy) is 1. The van der Waals surface area contributed by atoms with Gasteiger partial charge in [-0.1, -0.05) is 33.1 Å². The molecule has 0 rings (SSSR count). The van der Waals surface area contributed by atoms with Crippen molar-refractivity contribution in [2.24, 2.45) is 5.92 Å². The zero-order chi connectivity index (χ0) is 20.2. The van der Waals surface area contributed by atoms with Gasteiger partial charge in [0.1, 0.15) is 12.6 Å². The number of quaternary nitrogens is 1. The molecule has 0 amide bonds. The fourth-order valence-electron chi connectivity index (χ4n) is 2.27. The van der Waals surface area contributed by atoms with Gasteiger partial charge < -0.3 is 23.5 Å². The van der Waals surface area contributed by atoms with Crippen molar-refractivity contribution in [3.63, 3.8) is 0 Å². The van der Waals surface area contributed by atoms with Gasteiger partial charge in [-0.15, -0.1) is 0 Å². The third kappa shape index (κ3) is 14.0. The van der Waals surface area contributed by atoms with Crippen molar-refractivity contribution in [3.8, 4) is 0 Å². The molecule has 0 aromatic heterocycles. The lowest BCUT2D eigenvalue weighted by Gasteiger charge is -2.34. The molecule has 1 N–H and O–H groups in total. The number of hydrogen-bond acceptors (Lipinski definition) is 6. The summed E-state index contributed by atoms with van der Waals surface area (Å²) in [7, 11) is 0.919. The van der Waals surface area contributed by atoms with Gasteiger partial charge in [0.2, 0.25) is 0 Å². The van der Waals surface area contributed by atoms with E-state index in [-0.39, 0.29) is 31.1 Å². The first-order valence-corrected chi connectivity index (χ1v) is 11.9. The average Bonchev–Trinajstić information content (AvgIpc) is 2.51. The fourth-order valence-corrected chi connectivity index (χ4v) is 3.70. The Hall–Kier alpha value is -0.110. The van der Waals surface area contributed by atoms with Gasteiger partial charge in [-0.25, -0.2) is 0 Å². The molecule has 9 heteroatoms. The van der Waals surface area contributed by atoms with Crippen LogP contribution in [-0.2, 0) is 18.6 Å². The van der Waals surface area contributed by atoms with E-state index >= 15 is 0 Å². The highest BCUT2D eigenvalue weighted by molar-refractivity contribution is 7.99. The molecular weight excluding hydrogens is 377 g/mol. The largest absolute Gasteiger partial charge is 0.756 e. The molecule has 3 unspecified atom stereocenters. The number of esters is 1. The summed E-state index contributed by atoms with van der Waals surface area (Å²) >= 11 is 1.78. The van der Waals surface area contributed by atoms with Crippen LogP contribution < -0.4 is 4.89 Å². The number of unbranched alkanes of at least 4 members (excludes halogenated alkanes) is 3. The second-order valence-corrected chi connectivity index (χ2v) is 9.87. The van der Waals surface area contributed by atoms with Crippen LogP contribution in [0.15, 0.2) is 0 Å². The lowest BCUT2D eigenvalue weighted by Crippen LogP contribution is -2.48. The van der Waals surface area contributed by atoms with Crippen LogP contribution in [0.4, 0.5) is 0 Å². The van der Waals surface area contributed by atoms with Gasteiger partial charge in [-0.2, -0.15) is 11.8 Å². The van der Waals surface area contributed by atoms with Gasteiger partial charge in [-0.05, 0) is 12.2 Å². The Morgan fingerprint density at radius 2 is 1.92 bits per heavy atom. The van der Waals surface area contributed by atoms with Gasteiger partial charge in [0.05, 0.1) is 33.7 Å². The molecule has 0 saturated heterocycles. The predicted octanol–water partition coefficient (Wildman–Crippen LogP) is 2.42. The van der Waals surface area contributed by atoms with Crippen LogP contribution in [-0.4, -0.2) is 67.3 Å². The first-order chi connectivity index (χ1) is 12.0. The molecule has 26 heavy (non-hydrogen) atoms. The molecule has 0 spiro atoms. The average molecular weight is 414 g/mol. The molecule has 0 aliphatic heterocycles. The Morgan fingerprint density at radius 1 is 1.27 bits per heavy atom. The predicted molar refractivity (Wildman–Crippen MR) is 104 cm³/mol. The summed E-state index contributed by atoms with van der Waals surface area (Å²) in [5, 5.41) is 0. The zero-order valence-electron chi connectivity index (χ0n) is 16.8. The van der Waals surface area contributed by atoms with E-state index in [9.17, 15) is 14.3 Å². The number of rotatable bonds is 15. The molecule has 0 aromatic rings. The maximum Gasteiger partial charge on any atom is 0.309 e.